The normalized spacial score (nSPS) is 10.4. The maximum atomic E-state index is 12.9. The molecule has 0 bridgehead atoms. The highest BCUT2D eigenvalue weighted by atomic mass is 79.9. The maximum absolute atomic E-state index is 12.9. The van der Waals surface area contributed by atoms with Gasteiger partial charge in [0.05, 0.1) is 22.3 Å². The molecule has 0 spiro atoms. The number of amides is 2. The van der Waals surface area contributed by atoms with E-state index in [2.05, 4.69) is 31.9 Å². The molecule has 0 saturated heterocycles. The average Bonchev–Trinajstić information content (AvgIpc) is 2.80. The molecule has 0 aliphatic heterocycles. The molecular formula is C26H26BrN3O3S. The van der Waals surface area contributed by atoms with E-state index in [1.54, 1.807) is 42.5 Å². The summed E-state index contributed by atoms with van der Waals surface area (Å²) in [4.78, 5) is 25.6. The van der Waals surface area contributed by atoms with Crippen molar-refractivity contribution in [2.75, 3.05) is 17.2 Å². The van der Waals surface area contributed by atoms with Crippen LogP contribution in [0.2, 0.25) is 0 Å². The first-order valence-corrected chi connectivity index (χ1v) is 12.0. The first-order valence-electron chi connectivity index (χ1n) is 10.8. The molecule has 3 N–H and O–H groups in total. The van der Waals surface area contributed by atoms with Gasteiger partial charge in [-0.25, -0.2) is 0 Å². The number of para-hydroxylation sites is 1. The number of hydrogen-bond donors (Lipinski definition) is 3. The van der Waals surface area contributed by atoms with Crippen LogP contribution < -0.4 is 20.7 Å². The van der Waals surface area contributed by atoms with Gasteiger partial charge in [0.2, 0.25) is 0 Å². The molecule has 0 aromatic heterocycles. The number of carbonyl (C=O) groups is 2. The quantitative estimate of drug-likeness (QED) is 0.310. The van der Waals surface area contributed by atoms with Crippen LogP contribution in [0.1, 0.15) is 45.2 Å². The van der Waals surface area contributed by atoms with Crippen LogP contribution in [0.3, 0.4) is 0 Å². The second kappa shape index (κ2) is 11.8. The number of thiocarbonyl (C=S) groups is 1. The van der Waals surface area contributed by atoms with Crippen molar-refractivity contribution in [2.45, 2.75) is 27.2 Å². The molecule has 34 heavy (non-hydrogen) atoms. The molecule has 3 aromatic carbocycles. The summed E-state index contributed by atoms with van der Waals surface area (Å²) in [6.45, 7) is 6.62. The molecule has 0 unspecified atom stereocenters. The van der Waals surface area contributed by atoms with Crippen LogP contribution in [0, 0.1) is 13.8 Å². The fourth-order valence-corrected chi connectivity index (χ4v) is 3.80. The number of halogens is 1. The van der Waals surface area contributed by atoms with E-state index in [1.165, 1.54) is 0 Å². The monoisotopic (exact) mass is 539 g/mol. The minimum absolute atomic E-state index is 0.0823. The van der Waals surface area contributed by atoms with E-state index in [9.17, 15) is 9.59 Å². The molecular weight excluding hydrogens is 514 g/mol. The first-order chi connectivity index (χ1) is 16.3. The van der Waals surface area contributed by atoms with E-state index >= 15 is 0 Å². The van der Waals surface area contributed by atoms with Gasteiger partial charge in [0.25, 0.3) is 11.8 Å². The third-order valence-corrected chi connectivity index (χ3v) is 5.89. The molecule has 0 atom stereocenters. The Labute approximate surface area is 213 Å². The standard InChI is InChI=1S/C26H26BrN3O3S/c1-4-13-33-23-12-10-18(15-21(23)27)24(31)30-26(34)29-22-8-6-5-7-20(22)25(32)28-19-11-9-16(2)17(3)14-19/h5-12,14-15H,4,13H2,1-3H3,(H,28,32)(H2,29,30,31,34). The molecule has 3 aromatic rings. The Morgan fingerprint density at radius 3 is 2.41 bits per heavy atom. The molecule has 6 nitrogen and oxygen atoms in total. The third-order valence-electron chi connectivity index (χ3n) is 5.07. The van der Waals surface area contributed by atoms with Crippen LogP contribution in [0.15, 0.2) is 65.1 Å². The maximum Gasteiger partial charge on any atom is 0.257 e. The second-order valence-corrected chi connectivity index (χ2v) is 8.96. The zero-order chi connectivity index (χ0) is 24.7. The number of aryl methyl sites for hydroxylation is 2. The summed E-state index contributed by atoms with van der Waals surface area (Å²) in [5.74, 6) is 0.00666. The Hall–Kier alpha value is -3.23. The Morgan fingerprint density at radius 1 is 0.941 bits per heavy atom. The average molecular weight is 540 g/mol. The minimum Gasteiger partial charge on any atom is -0.492 e. The predicted molar refractivity (Wildman–Crippen MR) is 144 cm³/mol. The molecule has 0 heterocycles. The number of hydrogen-bond acceptors (Lipinski definition) is 4. The molecule has 0 aliphatic carbocycles. The second-order valence-electron chi connectivity index (χ2n) is 7.70. The summed E-state index contributed by atoms with van der Waals surface area (Å²) < 4.78 is 6.30. The lowest BCUT2D eigenvalue weighted by atomic mass is 10.1. The highest BCUT2D eigenvalue weighted by molar-refractivity contribution is 9.10. The van der Waals surface area contributed by atoms with Crippen molar-refractivity contribution in [2.24, 2.45) is 0 Å². The van der Waals surface area contributed by atoms with E-state index in [0.717, 1.165) is 17.5 Å². The Bertz CT molecular complexity index is 1230. The van der Waals surface area contributed by atoms with E-state index in [1.807, 2.05) is 39.0 Å². The van der Waals surface area contributed by atoms with Gasteiger partial charge in [-0.05, 0) is 102 Å². The summed E-state index contributed by atoms with van der Waals surface area (Å²) in [5.41, 5.74) is 4.24. The molecule has 8 heteroatoms. The molecule has 2 amide bonds. The lowest BCUT2D eigenvalue weighted by molar-refractivity contribution is 0.0976. The summed E-state index contributed by atoms with van der Waals surface area (Å²) in [7, 11) is 0. The van der Waals surface area contributed by atoms with E-state index in [0.29, 0.717) is 39.3 Å². The van der Waals surface area contributed by atoms with Crippen molar-refractivity contribution in [1.82, 2.24) is 5.32 Å². The zero-order valence-corrected chi connectivity index (χ0v) is 21.6. The van der Waals surface area contributed by atoms with Crippen molar-refractivity contribution in [3.63, 3.8) is 0 Å². The van der Waals surface area contributed by atoms with Gasteiger partial charge in [-0.2, -0.15) is 0 Å². The number of nitrogens with one attached hydrogen (secondary N) is 3. The smallest absolute Gasteiger partial charge is 0.257 e. The number of anilines is 2. The first kappa shape index (κ1) is 25.4. The lowest BCUT2D eigenvalue weighted by Gasteiger charge is -2.14. The van der Waals surface area contributed by atoms with E-state index < -0.39 is 0 Å². The van der Waals surface area contributed by atoms with Crippen LogP contribution in [0.4, 0.5) is 11.4 Å². The number of rotatable bonds is 7. The number of benzene rings is 3. The number of ether oxygens (including phenoxy) is 1. The highest BCUT2D eigenvalue weighted by Gasteiger charge is 2.15. The molecule has 0 aliphatic rings. The fraction of sp³-hybridized carbons (Fsp3) is 0.192. The molecule has 0 radical (unpaired) electrons. The van der Waals surface area contributed by atoms with Crippen LogP contribution in [0.25, 0.3) is 0 Å². The van der Waals surface area contributed by atoms with Gasteiger partial charge in [0.1, 0.15) is 5.75 Å². The SMILES string of the molecule is CCCOc1ccc(C(=O)NC(=S)Nc2ccccc2C(=O)Nc2ccc(C)c(C)c2)cc1Br. The topological polar surface area (TPSA) is 79.5 Å². The van der Waals surface area contributed by atoms with Gasteiger partial charge < -0.3 is 15.4 Å². The van der Waals surface area contributed by atoms with E-state index in [4.69, 9.17) is 17.0 Å². The van der Waals surface area contributed by atoms with Crippen LogP contribution in [-0.2, 0) is 0 Å². The lowest BCUT2D eigenvalue weighted by Crippen LogP contribution is -2.34. The van der Waals surface area contributed by atoms with Crippen LogP contribution >= 0.6 is 28.1 Å². The summed E-state index contributed by atoms with van der Waals surface area (Å²) in [6, 6.07) is 17.8. The molecule has 0 fully saturated rings. The van der Waals surface area contributed by atoms with Crippen molar-refractivity contribution >= 4 is 56.4 Å². The summed E-state index contributed by atoms with van der Waals surface area (Å²) in [5, 5.41) is 8.59. The van der Waals surface area contributed by atoms with Crippen molar-refractivity contribution < 1.29 is 14.3 Å². The van der Waals surface area contributed by atoms with Gasteiger partial charge >= 0.3 is 0 Å². The minimum atomic E-state index is -0.377. The Morgan fingerprint density at radius 2 is 1.71 bits per heavy atom. The highest BCUT2D eigenvalue weighted by Crippen LogP contribution is 2.26. The largest absolute Gasteiger partial charge is 0.492 e. The van der Waals surface area contributed by atoms with Crippen LogP contribution in [0.5, 0.6) is 5.75 Å². The van der Waals surface area contributed by atoms with Crippen molar-refractivity contribution in [1.29, 1.82) is 0 Å². The van der Waals surface area contributed by atoms with Gasteiger partial charge in [-0.3, -0.25) is 14.9 Å². The summed E-state index contributed by atoms with van der Waals surface area (Å²) in [6.07, 6.45) is 0.888. The molecule has 0 saturated carbocycles. The Kier molecular flexibility index (Phi) is 8.79. The molecule has 176 valence electrons. The van der Waals surface area contributed by atoms with Gasteiger partial charge in [0, 0.05) is 11.3 Å². The van der Waals surface area contributed by atoms with Crippen molar-refractivity contribution in [3.8, 4) is 5.75 Å². The zero-order valence-electron chi connectivity index (χ0n) is 19.2. The van der Waals surface area contributed by atoms with Gasteiger partial charge in [-0.1, -0.05) is 25.1 Å². The molecule has 3 rings (SSSR count). The number of carbonyl (C=O) groups excluding carboxylic acids is 2. The van der Waals surface area contributed by atoms with Crippen molar-refractivity contribution in [3.05, 3.63) is 87.4 Å². The van der Waals surface area contributed by atoms with Crippen LogP contribution in [-0.4, -0.2) is 23.5 Å². The third kappa shape index (κ3) is 6.65. The van der Waals surface area contributed by atoms with Gasteiger partial charge in [0.15, 0.2) is 5.11 Å². The summed E-state index contributed by atoms with van der Waals surface area (Å²) >= 11 is 8.75. The predicted octanol–water partition coefficient (Wildman–Crippen LogP) is 6.23. The van der Waals surface area contributed by atoms with E-state index in [-0.39, 0.29) is 16.9 Å². The van der Waals surface area contributed by atoms with Gasteiger partial charge in [-0.15, -0.1) is 0 Å². The Balaban J connectivity index is 1.67. The fourth-order valence-electron chi connectivity index (χ4n) is 3.11.